The number of halogens is 1. The molecule has 0 bridgehead atoms. The van der Waals surface area contributed by atoms with E-state index in [1.165, 1.54) is 7.11 Å². The zero-order valence-electron chi connectivity index (χ0n) is 27.2. The molecule has 0 spiro atoms. The molecule has 1 aliphatic rings. The average molecular weight is 643 g/mol. The molecule has 11 heteroatoms. The molecule has 10 nitrogen and oxygen atoms in total. The van der Waals surface area contributed by atoms with Gasteiger partial charge in [0.05, 0.1) is 36.5 Å². The van der Waals surface area contributed by atoms with Crippen molar-refractivity contribution in [3.8, 4) is 17.0 Å². The summed E-state index contributed by atoms with van der Waals surface area (Å²) in [6.07, 6.45) is 8.66. The second kappa shape index (κ2) is 16.2. The van der Waals surface area contributed by atoms with Gasteiger partial charge < -0.3 is 31.7 Å². The summed E-state index contributed by atoms with van der Waals surface area (Å²) in [4.78, 5) is 29.8. The number of methoxy groups -OCH3 is 1. The van der Waals surface area contributed by atoms with Crippen molar-refractivity contribution in [1.82, 2.24) is 9.55 Å². The second-order valence-electron chi connectivity index (χ2n) is 11.6. The summed E-state index contributed by atoms with van der Waals surface area (Å²) in [6.45, 7) is 4.01. The molecular formula is C36H43FN6O4. The van der Waals surface area contributed by atoms with Gasteiger partial charge in [-0.05, 0) is 81.5 Å². The number of nitrogens with two attached hydrogens (primary N) is 1. The van der Waals surface area contributed by atoms with Gasteiger partial charge in [0.25, 0.3) is 0 Å². The zero-order chi connectivity index (χ0) is 34.1. The topological polar surface area (TPSA) is 167 Å². The summed E-state index contributed by atoms with van der Waals surface area (Å²) in [6, 6.07) is 8.87. The highest BCUT2D eigenvalue weighted by atomic mass is 19.1. The number of aromatic nitrogens is 2. The first-order valence-electron chi connectivity index (χ1n) is 15.8. The van der Waals surface area contributed by atoms with E-state index in [2.05, 4.69) is 10.3 Å². The number of imidazole rings is 1. The Bertz CT molecular complexity index is 1720. The predicted molar refractivity (Wildman–Crippen MR) is 184 cm³/mol. The summed E-state index contributed by atoms with van der Waals surface area (Å²) in [5.41, 5.74) is 9.70. The molecular weight excluding hydrogens is 599 g/mol. The first kappa shape index (κ1) is 35.1. The molecule has 0 aliphatic carbocycles. The number of nitrogens with one attached hydrogen (secondary N) is 3. The molecule has 6 N–H and O–H groups in total. The van der Waals surface area contributed by atoms with E-state index < -0.39 is 6.10 Å². The number of fused-ring (bicyclic) bond motifs is 1. The van der Waals surface area contributed by atoms with Crippen molar-refractivity contribution >= 4 is 40.6 Å². The minimum atomic E-state index is -0.921. The van der Waals surface area contributed by atoms with E-state index in [1.54, 1.807) is 37.4 Å². The van der Waals surface area contributed by atoms with Crippen LogP contribution in [-0.2, 0) is 11.2 Å². The summed E-state index contributed by atoms with van der Waals surface area (Å²) >= 11 is 0. The van der Waals surface area contributed by atoms with Gasteiger partial charge in [0.15, 0.2) is 17.4 Å². The van der Waals surface area contributed by atoms with Gasteiger partial charge in [-0.2, -0.15) is 0 Å². The Balaban J connectivity index is 1.42. The van der Waals surface area contributed by atoms with E-state index in [-0.39, 0.29) is 60.9 Å². The number of nitrogens with zero attached hydrogens (tertiary/aromatic N) is 2. The number of ketones is 2. The van der Waals surface area contributed by atoms with Crippen LogP contribution in [0.5, 0.6) is 5.75 Å². The maximum absolute atomic E-state index is 15.3. The third kappa shape index (κ3) is 8.55. The normalized spacial score (nSPS) is 12.9. The molecule has 1 unspecified atom stereocenters. The third-order valence-corrected chi connectivity index (χ3v) is 8.18. The molecule has 1 aromatic heterocycles. The lowest BCUT2D eigenvalue weighted by Gasteiger charge is -2.15. The number of carbonyl (C=O) groups excluding carboxylic acids is 2. The minimum Gasteiger partial charge on any atom is -0.496 e. The van der Waals surface area contributed by atoms with Gasteiger partial charge in [0.2, 0.25) is 0 Å². The van der Waals surface area contributed by atoms with Crippen LogP contribution >= 0.6 is 0 Å². The van der Waals surface area contributed by atoms with Crippen LogP contribution in [0.25, 0.3) is 23.2 Å². The lowest BCUT2D eigenvalue weighted by molar-refractivity contribution is -0.113. The Labute approximate surface area is 274 Å². The molecule has 0 amide bonds. The van der Waals surface area contributed by atoms with E-state index >= 15 is 4.39 Å². The number of anilines is 1. The lowest BCUT2D eigenvalue weighted by atomic mass is 9.95. The van der Waals surface area contributed by atoms with Crippen LogP contribution in [0.4, 0.5) is 10.1 Å². The molecule has 0 saturated heterocycles. The van der Waals surface area contributed by atoms with Gasteiger partial charge in [-0.15, -0.1) is 0 Å². The summed E-state index contributed by atoms with van der Waals surface area (Å²) in [5.74, 6) is 0.222. The van der Waals surface area contributed by atoms with E-state index in [9.17, 15) is 14.7 Å². The molecule has 3 aromatic rings. The summed E-state index contributed by atoms with van der Waals surface area (Å²) < 4.78 is 22.4. The molecule has 4 rings (SSSR count). The highest BCUT2D eigenvalue weighted by Crippen LogP contribution is 2.33. The maximum atomic E-state index is 15.3. The average Bonchev–Trinajstić information content (AvgIpc) is 3.37. The largest absolute Gasteiger partial charge is 0.496 e. The Kier molecular flexibility index (Phi) is 12.1. The zero-order valence-corrected chi connectivity index (χ0v) is 27.2. The van der Waals surface area contributed by atoms with Crippen LogP contribution in [0.3, 0.4) is 0 Å². The number of Topliss-reactive ketones (excluding diaryl/α,β-unsaturated/α-hetero) is 2. The molecule has 0 saturated carbocycles. The van der Waals surface area contributed by atoms with Crippen LogP contribution in [0.15, 0.2) is 48.7 Å². The molecule has 2 aromatic carbocycles. The van der Waals surface area contributed by atoms with Crippen LogP contribution in [-0.4, -0.2) is 57.4 Å². The van der Waals surface area contributed by atoms with Crippen molar-refractivity contribution in [1.29, 1.82) is 10.8 Å². The van der Waals surface area contributed by atoms with E-state index in [4.69, 9.17) is 21.3 Å². The van der Waals surface area contributed by atoms with Gasteiger partial charge >= 0.3 is 0 Å². The van der Waals surface area contributed by atoms with Crippen LogP contribution < -0.4 is 15.8 Å². The van der Waals surface area contributed by atoms with Gasteiger partial charge in [0.1, 0.15) is 11.6 Å². The van der Waals surface area contributed by atoms with E-state index in [1.807, 2.05) is 35.9 Å². The van der Waals surface area contributed by atoms with Crippen LogP contribution in [0.2, 0.25) is 0 Å². The van der Waals surface area contributed by atoms with Crippen molar-refractivity contribution in [2.75, 3.05) is 19.0 Å². The number of carbonyl (C=O) groups is 2. The summed E-state index contributed by atoms with van der Waals surface area (Å²) in [5, 5.41) is 30.0. The van der Waals surface area contributed by atoms with Gasteiger partial charge in [-0.3, -0.25) is 14.2 Å². The Morgan fingerprint density at radius 2 is 2.00 bits per heavy atom. The molecule has 47 heavy (non-hydrogen) atoms. The fraction of sp³-hybridized carbons (Fsp3) is 0.361. The number of rotatable bonds is 17. The van der Waals surface area contributed by atoms with E-state index in [0.717, 1.165) is 16.9 Å². The standard InChI is InChI=1S/C36H43FN6O4/c1-4-23-18-25(10-12-27(23)33(46)20-24(39)19-26(44)11-14-29(40)32(45)9-7-16-38)42-30-8-5-6-17-43-31(21-41-36(30)43)28-13-15-34(47-3)22(2)35(28)37/h6,8,10,12-13,15,17-18,21,26,39-40,42,44H,4-5,7,9,11,14,16,19-20,38H2,1-3H3. The third-order valence-electron chi connectivity index (χ3n) is 8.18. The monoisotopic (exact) mass is 642 g/mol. The first-order chi connectivity index (χ1) is 22.6. The lowest BCUT2D eigenvalue weighted by Crippen LogP contribution is -2.20. The fourth-order valence-electron chi connectivity index (χ4n) is 5.55. The SMILES string of the molecule is CCc1cc(NC2=CCC=Cn3c(-c4ccc(OC)c(C)c4F)cnc32)ccc1C(=O)CC(=N)CC(O)CCC(=N)C(=O)CCCN. The van der Waals surface area contributed by atoms with Gasteiger partial charge in [-0.25, -0.2) is 9.37 Å². The molecule has 248 valence electrons. The predicted octanol–water partition coefficient (Wildman–Crippen LogP) is 6.35. The fourth-order valence-corrected chi connectivity index (χ4v) is 5.55. The van der Waals surface area contributed by atoms with Crippen molar-refractivity contribution in [3.05, 3.63) is 77.0 Å². The van der Waals surface area contributed by atoms with Gasteiger partial charge in [0, 0.05) is 53.6 Å². The maximum Gasteiger partial charge on any atom is 0.176 e. The van der Waals surface area contributed by atoms with Crippen LogP contribution in [0, 0.1) is 23.6 Å². The molecule has 1 atom stereocenters. The highest BCUT2D eigenvalue weighted by Gasteiger charge is 2.21. The van der Waals surface area contributed by atoms with Crippen molar-refractivity contribution < 1.29 is 23.8 Å². The highest BCUT2D eigenvalue weighted by molar-refractivity contribution is 6.38. The number of benzene rings is 2. The Morgan fingerprint density at radius 3 is 2.72 bits per heavy atom. The molecule has 0 fully saturated rings. The number of aliphatic hydroxyl groups is 1. The summed E-state index contributed by atoms with van der Waals surface area (Å²) in [7, 11) is 1.51. The second-order valence-corrected chi connectivity index (χ2v) is 11.6. The quantitative estimate of drug-likeness (QED) is 0.0845. The number of hydrogen-bond acceptors (Lipinski definition) is 9. The smallest absolute Gasteiger partial charge is 0.176 e. The number of allylic oxidation sites excluding steroid dienone is 2. The first-order valence-corrected chi connectivity index (χ1v) is 15.8. The minimum absolute atomic E-state index is 0.00602. The van der Waals surface area contributed by atoms with Gasteiger partial charge in [-0.1, -0.05) is 19.1 Å². The Morgan fingerprint density at radius 1 is 1.21 bits per heavy atom. The molecule has 2 heterocycles. The van der Waals surface area contributed by atoms with Crippen LogP contribution in [0.1, 0.15) is 79.2 Å². The number of hydrogen-bond donors (Lipinski definition) is 5. The van der Waals surface area contributed by atoms with Crippen molar-refractivity contribution in [2.24, 2.45) is 5.73 Å². The molecule has 1 aliphatic heterocycles. The number of aryl methyl sites for hydroxylation is 1. The number of ether oxygens (including phenoxy) is 1. The number of aliphatic hydroxyl groups excluding tert-OH is 1. The van der Waals surface area contributed by atoms with E-state index in [0.29, 0.717) is 59.8 Å². The van der Waals surface area contributed by atoms with Crippen molar-refractivity contribution in [2.45, 2.75) is 71.3 Å². The Hall–Kier alpha value is -4.74. The van der Waals surface area contributed by atoms with Crippen molar-refractivity contribution in [3.63, 3.8) is 0 Å². The molecule has 0 radical (unpaired) electrons.